The van der Waals surface area contributed by atoms with Crippen molar-refractivity contribution in [3.05, 3.63) is 72.0 Å². The van der Waals surface area contributed by atoms with E-state index in [2.05, 4.69) is 32.9 Å². The minimum absolute atomic E-state index is 0.100. The molecule has 0 aliphatic carbocycles. The Labute approximate surface area is 245 Å². The summed E-state index contributed by atoms with van der Waals surface area (Å²) in [6, 6.07) is 18.2. The smallest absolute Gasteiger partial charge is 0.227 e. The number of nitrogens with zero attached hydrogens (tertiary/aromatic N) is 4. The van der Waals surface area contributed by atoms with Gasteiger partial charge in [-0.1, -0.05) is 19.1 Å². The van der Waals surface area contributed by atoms with Crippen molar-refractivity contribution < 1.29 is 18.7 Å². The van der Waals surface area contributed by atoms with Crippen molar-refractivity contribution in [3.8, 4) is 34.0 Å². The largest absolute Gasteiger partial charge is 0.493 e. The zero-order valence-electron chi connectivity index (χ0n) is 24.3. The van der Waals surface area contributed by atoms with E-state index in [4.69, 9.17) is 9.47 Å². The first-order chi connectivity index (χ1) is 20.4. The molecule has 1 aromatic heterocycles. The SMILES string of the molecule is CCOc1cc(CNCCC2(CC)CC(=O)N(c3ccc(-c4nnn[nH]4)cc3)C2)cc(OCC)c1-c1ccc(F)cc1. The van der Waals surface area contributed by atoms with Gasteiger partial charge in [0.25, 0.3) is 0 Å². The lowest BCUT2D eigenvalue weighted by Gasteiger charge is -2.28. The van der Waals surface area contributed by atoms with Crippen molar-refractivity contribution >= 4 is 11.6 Å². The van der Waals surface area contributed by atoms with Crippen LogP contribution in [-0.2, 0) is 11.3 Å². The number of anilines is 1. The number of hydrogen-bond donors (Lipinski definition) is 2. The maximum atomic E-state index is 13.6. The molecule has 0 spiro atoms. The molecular weight excluding hydrogens is 535 g/mol. The lowest BCUT2D eigenvalue weighted by atomic mass is 9.81. The Balaban J connectivity index is 1.24. The van der Waals surface area contributed by atoms with Gasteiger partial charge in [-0.3, -0.25) is 4.79 Å². The first kappa shape index (κ1) is 29.2. The van der Waals surface area contributed by atoms with Gasteiger partial charge in [0.1, 0.15) is 17.3 Å². The van der Waals surface area contributed by atoms with Crippen molar-refractivity contribution in [2.45, 2.75) is 46.6 Å². The first-order valence-electron chi connectivity index (χ1n) is 14.5. The van der Waals surface area contributed by atoms with Gasteiger partial charge in [-0.15, -0.1) is 5.10 Å². The summed E-state index contributed by atoms with van der Waals surface area (Å²) >= 11 is 0. The Morgan fingerprint density at radius 1 is 0.976 bits per heavy atom. The van der Waals surface area contributed by atoms with Crippen LogP contribution < -0.4 is 19.7 Å². The molecule has 1 aliphatic heterocycles. The Hall–Kier alpha value is -4.31. The second kappa shape index (κ2) is 13.1. The summed E-state index contributed by atoms with van der Waals surface area (Å²) in [6.07, 6.45) is 2.31. The number of nitrogens with one attached hydrogen (secondary N) is 2. The summed E-state index contributed by atoms with van der Waals surface area (Å²) in [4.78, 5) is 15.0. The number of aromatic nitrogens is 4. The van der Waals surface area contributed by atoms with Crippen LogP contribution in [0.15, 0.2) is 60.7 Å². The van der Waals surface area contributed by atoms with E-state index in [1.165, 1.54) is 12.1 Å². The second-order valence-electron chi connectivity index (χ2n) is 10.6. The average Bonchev–Trinajstić information content (AvgIpc) is 3.65. The fourth-order valence-corrected chi connectivity index (χ4v) is 5.57. The van der Waals surface area contributed by atoms with Crippen LogP contribution in [0.3, 0.4) is 0 Å². The summed E-state index contributed by atoms with van der Waals surface area (Å²) in [5.74, 6) is 1.87. The molecule has 1 amide bonds. The molecule has 1 unspecified atom stereocenters. The molecule has 9 nitrogen and oxygen atoms in total. The van der Waals surface area contributed by atoms with Crippen LogP contribution in [0.25, 0.3) is 22.5 Å². The molecular formula is C32H37FN6O3. The zero-order chi connectivity index (χ0) is 29.5. The lowest BCUT2D eigenvalue weighted by molar-refractivity contribution is -0.117. The molecule has 0 bridgehead atoms. The summed E-state index contributed by atoms with van der Waals surface area (Å²) < 4.78 is 25.6. The molecule has 42 heavy (non-hydrogen) atoms. The van der Waals surface area contributed by atoms with Crippen molar-refractivity contribution in [1.82, 2.24) is 25.9 Å². The topological polar surface area (TPSA) is 105 Å². The van der Waals surface area contributed by atoms with Crippen molar-refractivity contribution in [1.29, 1.82) is 0 Å². The summed E-state index contributed by atoms with van der Waals surface area (Å²) in [5, 5.41) is 17.5. The molecule has 1 fully saturated rings. The molecule has 1 saturated heterocycles. The van der Waals surface area contributed by atoms with E-state index < -0.39 is 0 Å². The van der Waals surface area contributed by atoms with Crippen molar-refractivity contribution in [2.75, 3.05) is 31.2 Å². The Kier molecular flexibility index (Phi) is 9.12. The molecule has 3 aromatic carbocycles. The number of benzene rings is 3. The molecule has 2 heterocycles. The molecule has 4 aromatic rings. The maximum absolute atomic E-state index is 13.6. The maximum Gasteiger partial charge on any atom is 0.227 e. The van der Waals surface area contributed by atoms with Crippen LogP contribution in [-0.4, -0.2) is 52.8 Å². The average molecular weight is 573 g/mol. The van der Waals surface area contributed by atoms with E-state index in [-0.39, 0.29) is 17.1 Å². The normalized spacial score (nSPS) is 16.7. The summed E-state index contributed by atoms with van der Waals surface area (Å²) in [5.41, 5.74) is 4.34. The van der Waals surface area contributed by atoms with Gasteiger partial charge in [0.05, 0.1) is 18.8 Å². The van der Waals surface area contributed by atoms with E-state index in [0.29, 0.717) is 50.0 Å². The minimum Gasteiger partial charge on any atom is -0.493 e. The molecule has 1 aliphatic rings. The summed E-state index contributed by atoms with van der Waals surface area (Å²) in [6.45, 7) is 9.12. The van der Waals surface area contributed by atoms with Crippen LogP contribution in [0.4, 0.5) is 10.1 Å². The fraction of sp³-hybridized carbons (Fsp3) is 0.375. The molecule has 0 radical (unpaired) electrons. The molecule has 1 atom stereocenters. The lowest BCUT2D eigenvalue weighted by Crippen LogP contribution is -2.31. The molecule has 220 valence electrons. The number of rotatable bonds is 13. The number of amides is 1. The number of hydrogen-bond acceptors (Lipinski definition) is 7. The highest BCUT2D eigenvalue weighted by Crippen LogP contribution is 2.41. The number of H-pyrrole nitrogens is 1. The van der Waals surface area contributed by atoms with E-state index in [0.717, 1.165) is 47.3 Å². The van der Waals surface area contributed by atoms with Crippen molar-refractivity contribution in [3.63, 3.8) is 0 Å². The standard InChI is InChI=1S/C32H37FN6O3/c1-4-32(19-29(40)39(21-32)26-13-9-24(10-14-26)31-35-37-38-36-31)15-16-34-20-22-17-27(41-5-2)30(28(18-22)42-6-3)23-7-11-25(33)12-8-23/h7-14,17-18,34H,4-6,15-16,19-21H2,1-3H3,(H,35,36,37,38). The molecule has 2 N–H and O–H groups in total. The molecule has 5 rings (SSSR count). The van der Waals surface area contributed by atoms with E-state index >= 15 is 0 Å². The number of ether oxygens (including phenoxy) is 2. The van der Waals surface area contributed by atoms with Gasteiger partial charge in [-0.05, 0) is 109 Å². The highest BCUT2D eigenvalue weighted by Gasteiger charge is 2.41. The Morgan fingerprint density at radius 2 is 1.64 bits per heavy atom. The van der Waals surface area contributed by atoms with Gasteiger partial charge in [0, 0.05) is 30.8 Å². The third-order valence-corrected chi connectivity index (χ3v) is 7.89. The highest BCUT2D eigenvalue weighted by atomic mass is 19.1. The predicted octanol–water partition coefficient (Wildman–Crippen LogP) is 5.78. The Morgan fingerprint density at radius 3 is 2.24 bits per heavy atom. The summed E-state index contributed by atoms with van der Waals surface area (Å²) in [7, 11) is 0. The van der Waals surface area contributed by atoms with E-state index in [1.807, 2.05) is 55.1 Å². The Bertz CT molecular complexity index is 1450. The van der Waals surface area contributed by atoms with Gasteiger partial charge in [0.15, 0.2) is 5.82 Å². The zero-order valence-corrected chi connectivity index (χ0v) is 24.3. The third-order valence-electron chi connectivity index (χ3n) is 7.89. The van der Waals surface area contributed by atoms with Crippen molar-refractivity contribution in [2.24, 2.45) is 5.41 Å². The number of carbonyl (C=O) groups excluding carboxylic acids is 1. The second-order valence-corrected chi connectivity index (χ2v) is 10.6. The number of aromatic amines is 1. The van der Waals surface area contributed by atoms with Gasteiger partial charge in [-0.2, -0.15) is 0 Å². The van der Waals surface area contributed by atoms with E-state index in [9.17, 15) is 9.18 Å². The first-order valence-corrected chi connectivity index (χ1v) is 14.5. The van der Waals surface area contributed by atoms with Gasteiger partial charge >= 0.3 is 0 Å². The number of halogens is 1. The van der Waals surface area contributed by atoms with Crippen LogP contribution in [0.2, 0.25) is 0 Å². The van der Waals surface area contributed by atoms with Gasteiger partial charge < -0.3 is 19.7 Å². The monoisotopic (exact) mass is 572 g/mol. The van der Waals surface area contributed by atoms with Crippen LogP contribution >= 0.6 is 0 Å². The quantitative estimate of drug-likeness (QED) is 0.196. The van der Waals surface area contributed by atoms with Crippen LogP contribution in [0.5, 0.6) is 11.5 Å². The van der Waals surface area contributed by atoms with E-state index in [1.54, 1.807) is 12.1 Å². The van der Waals surface area contributed by atoms with Gasteiger partial charge in [0.2, 0.25) is 5.91 Å². The minimum atomic E-state index is -0.286. The molecule has 10 heteroatoms. The third kappa shape index (κ3) is 6.44. The highest BCUT2D eigenvalue weighted by molar-refractivity contribution is 5.96. The molecule has 0 saturated carbocycles. The predicted molar refractivity (Wildman–Crippen MR) is 160 cm³/mol. The van der Waals surface area contributed by atoms with Gasteiger partial charge in [-0.25, -0.2) is 9.49 Å². The van der Waals surface area contributed by atoms with Crippen LogP contribution in [0, 0.1) is 11.2 Å². The fourth-order valence-electron chi connectivity index (χ4n) is 5.57. The number of carbonyl (C=O) groups is 1. The van der Waals surface area contributed by atoms with Crippen LogP contribution in [0.1, 0.15) is 45.6 Å². The number of tetrazole rings is 1.